The van der Waals surface area contributed by atoms with Crippen LogP contribution in [-0.4, -0.2) is 95.3 Å². The molecule has 5 unspecified atom stereocenters. The number of ether oxygens (including phenoxy) is 6. The van der Waals surface area contributed by atoms with Gasteiger partial charge >= 0.3 is 17.3 Å². The van der Waals surface area contributed by atoms with Crippen molar-refractivity contribution in [2.75, 3.05) is 27.9 Å². The number of methoxy groups -OCH3 is 3. The Kier molecular flexibility index (Phi) is 9.86. The Morgan fingerprint density at radius 3 is 2.17 bits per heavy atom. The fourth-order valence-electron chi connectivity index (χ4n) is 4.84. The molecule has 0 amide bonds. The number of phenolic OH excluding ortho intramolecular Hbond substituents is 3. The van der Waals surface area contributed by atoms with Gasteiger partial charge in [-0.05, 0) is 23.8 Å². The van der Waals surface area contributed by atoms with Gasteiger partial charge in [-0.25, -0.2) is 9.21 Å². The Hall–Kier alpha value is -5.28. The Morgan fingerprint density at radius 2 is 1.53 bits per heavy atom. The number of hydrogen-bond donors (Lipinski definition) is 6. The van der Waals surface area contributed by atoms with Crippen LogP contribution in [0, 0.1) is 0 Å². The molecule has 4 aromatic rings. The maximum atomic E-state index is 12.4. The van der Waals surface area contributed by atoms with Crippen LogP contribution in [0.1, 0.15) is 5.56 Å². The summed E-state index contributed by atoms with van der Waals surface area (Å²) in [4.78, 5) is 12.4. The lowest BCUT2D eigenvalue weighted by atomic mass is 9.99. The van der Waals surface area contributed by atoms with Gasteiger partial charge in [-0.3, -0.25) is 0 Å². The molecule has 0 aliphatic carbocycles. The molecule has 47 heavy (non-hydrogen) atoms. The largest absolute Gasteiger partial charge is 0.508 e. The first-order valence-corrected chi connectivity index (χ1v) is 14.2. The van der Waals surface area contributed by atoms with E-state index in [1.807, 2.05) is 0 Å². The summed E-state index contributed by atoms with van der Waals surface area (Å²) in [6.45, 7) is -0.522. The van der Waals surface area contributed by atoms with E-state index in [9.17, 15) is 35.4 Å². The minimum absolute atomic E-state index is 0.000473. The van der Waals surface area contributed by atoms with E-state index >= 15 is 0 Å². The van der Waals surface area contributed by atoms with Crippen LogP contribution in [0.4, 0.5) is 0 Å². The molecule has 1 saturated heterocycles. The van der Waals surface area contributed by atoms with Crippen molar-refractivity contribution in [1.29, 1.82) is 0 Å². The summed E-state index contributed by atoms with van der Waals surface area (Å²) in [7, 11) is 4.09. The summed E-state index contributed by atoms with van der Waals surface area (Å²) in [5, 5.41) is 62.8. The second kappa shape index (κ2) is 14.0. The van der Waals surface area contributed by atoms with Crippen molar-refractivity contribution in [1.82, 2.24) is 0 Å². The van der Waals surface area contributed by atoms with Crippen molar-refractivity contribution in [3.05, 3.63) is 66.2 Å². The fraction of sp³-hybridized carbons (Fsp3) is 0.273. The number of aromatic hydroxyl groups is 3. The van der Waals surface area contributed by atoms with Crippen molar-refractivity contribution < 1.29 is 68.3 Å². The predicted octanol–water partition coefficient (Wildman–Crippen LogP) is 2.97. The van der Waals surface area contributed by atoms with Crippen LogP contribution in [0.15, 0.2) is 65.1 Å². The summed E-state index contributed by atoms with van der Waals surface area (Å²) < 4.78 is 38.9. The smallest absolute Gasteiger partial charge is 0.402 e. The molecule has 248 valence electrons. The Morgan fingerprint density at radius 1 is 0.851 bits per heavy atom. The normalized spacial score (nSPS) is 21.0. The summed E-state index contributed by atoms with van der Waals surface area (Å²) >= 11 is 0. The maximum absolute atomic E-state index is 12.4. The highest BCUT2D eigenvalue weighted by Gasteiger charge is 2.46. The van der Waals surface area contributed by atoms with Crippen LogP contribution in [0.3, 0.4) is 0 Å². The van der Waals surface area contributed by atoms with Gasteiger partial charge in [-0.1, -0.05) is 12.1 Å². The number of carbonyl (C=O) groups is 1. The zero-order valence-electron chi connectivity index (χ0n) is 25.4. The highest BCUT2D eigenvalue weighted by molar-refractivity contribution is 5.89. The first kappa shape index (κ1) is 33.1. The minimum atomic E-state index is -1.79. The number of aliphatic hydroxyl groups excluding tert-OH is 3. The highest BCUT2D eigenvalue weighted by Crippen LogP contribution is 2.45. The summed E-state index contributed by atoms with van der Waals surface area (Å²) in [5.74, 6) is -0.985. The van der Waals surface area contributed by atoms with E-state index in [1.165, 1.54) is 69.9 Å². The summed E-state index contributed by atoms with van der Waals surface area (Å²) in [6.07, 6.45) is -5.63. The topological polar surface area (TPSA) is 205 Å². The SMILES string of the molecule is COc1cc(O)c2cc(OC3OC(COC(=O)C=Cc4ccc(O)cc4)C(O)C(O)C3O)c(-c3cc(OC)c(O)c(OC)c3)[o+]c2c1. The number of hydrogen-bond acceptors (Lipinski definition) is 13. The Bertz CT molecular complexity index is 1740. The molecular weight excluding hydrogens is 620 g/mol. The number of fused-ring (bicyclic) bond motifs is 1. The monoisotopic (exact) mass is 653 g/mol. The van der Waals surface area contributed by atoms with Crippen molar-refractivity contribution in [2.24, 2.45) is 0 Å². The van der Waals surface area contributed by atoms with Gasteiger partial charge in [0.05, 0.1) is 33.0 Å². The lowest BCUT2D eigenvalue weighted by Crippen LogP contribution is -2.60. The lowest BCUT2D eigenvalue weighted by Gasteiger charge is -2.39. The summed E-state index contributed by atoms with van der Waals surface area (Å²) in [6, 6.07) is 13.2. The highest BCUT2D eigenvalue weighted by atomic mass is 16.7. The number of benzene rings is 3. The standard InChI is InChI=1S/C33H32O14/c1-41-19-12-21(35)20-14-25(32(45-22(20)13-19)17-10-23(42-2)28(37)24(11-17)43-3)46-33-31(40)30(39)29(38)26(47-33)15-44-27(36)9-6-16-4-7-18(34)8-5-16/h4-14,26,29-31,33,38-40H,15H2,1-3H3,(H2-,34,35,36,37)/p+1. The van der Waals surface area contributed by atoms with Crippen molar-refractivity contribution in [2.45, 2.75) is 30.7 Å². The van der Waals surface area contributed by atoms with Crippen molar-refractivity contribution in [3.8, 4) is 51.6 Å². The number of esters is 1. The third kappa shape index (κ3) is 7.10. The molecule has 1 fully saturated rings. The van der Waals surface area contributed by atoms with Gasteiger partial charge in [-0.2, -0.15) is 0 Å². The maximum Gasteiger partial charge on any atom is 0.402 e. The molecule has 14 heteroatoms. The van der Waals surface area contributed by atoms with Crippen LogP contribution in [0.5, 0.6) is 40.2 Å². The molecule has 5 atom stereocenters. The van der Waals surface area contributed by atoms with Crippen LogP contribution in [0.2, 0.25) is 0 Å². The van der Waals surface area contributed by atoms with Crippen molar-refractivity contribution >= 4 is 23.0 Å². The molecule has 1 aliphatic rings. The molecule has 6 N–H and O–H groups in total. The summed E-state index contributed by atoms with van der Waals surface area (Å²) in [5.41, 5.74) is 1.05. The van der Waals surface area contributed by atoms with Crippen LogP contribution in [0.25, 0.3) is 28.4 Å². The molecule has 2 heterocycles. The lowest BCUT2D eigenvalue weighted by molar-refractivity contribution is -0.278. The Labute approximate surface area is 267 Å². The molecule has 3 aromatic carbocycles. The fourth-order valence-corrected chi connectivity index (χ4v) is 4.84. The molecule has 14 nitrogen and oxygen atoms in total. The predicted molar refractivity (Wildman–Crippen MR) is 164 cm³/mol. The van der Waals surface area contributed by atoms with E-state index in [4.69, 9.17) is 32.8 Å². The zero-order chi connectivity index (χ0) is 33.8. The quantitative estimate of drug-likeness (QED) is 0.0827. The molecular formula is C33H33O14+. The van der Waals surface area contributed by atoms with Gasteiger partial charge in [0.1, 0.15) is 53.7 Å². The minimum Gasteiger partial charge on any atom is -0.508 e. The van der Waals surface area contributed by atoms with Crippen molar-refractivity contribution in [3.63, 3.8) is 0 Å². The van der Waals surface area contributed by atoms with E-state index in [2.05, 4.69) is 0 Å². The number of rotatable bonds is 10. The average molecular weight is 654 g/mol. The van der Waals surface area contributed by atoms with Gasteiger partial charge in [0.2, 0.25) is 17.8 Å². The average Bonchev–Trinajstić information content (AvgIpc) is 3.07. The van der Waals surface area contributed by atoms with Gasteiger partial charge in [0, 0.05) is 30.3 Å². The first-order chi connectivity index (χ1) is 22.5. The molecule has 1 aromatic heterocycles. The van der Waals surface area contributed by atoms with Crippen LogP contribution < -0.4 is 18.9 Å². The second-order valence-electron chi connectivity index (χ2n) is 10.4. The van der Waals surface area contributed by atoms with E-state index in [0.29, 0.717) is 5.56 Å². The third-order valence-corrected chi connectivity index (χ3v) is 7.39. The molecule has 0 bridgehead atoms. The first-order valence-electron chi connectivity index (χ1n) is 14.2. The zero-order valence-corrected chi connectivity index (χ0v) is 25.4. The van der Waals surface area contributed by atoms with Gasteiger partial charge in [0.25, 0.3) is 0 Å². The number of aliphatic hydroxyl groups is 3. The van der Waals surface area contributed by atoms with E-state index in [-0.39, 0.29) is 62.5 Å². The number of carbonyl (C=O) groups excluding carboxylic acids is 1. The molecule has 5 rings (SSSR count). The van der Waals surface area contributed by atoms with E-state index in [0.717, 1.165) is 6.08 Å². The van der Waals surface area contributed by atoms with Gasteiger partial charge in [-0.15, -0.1) is 0 Å². The molecule has 0 spiro atoms. The second-order valence-corrected chi connectivity index (χ2v) is 10.4. The molecule has 0 saturated carbocycles. The van der Waals surface area contributed by atoms with E-state index in [1.54, 1.807) is 12.1 Å². The third-order valence-electron chi connectivity index (χ3n) is 7.39. The van der Waals surface area contributed by atoms with Gasteiger partial charge < -0.3 is 59.1 Å². The van der Waals surface area contributed by atoms with Crippen LogP contribution in [-0.2, 0) is 14.3 Å². The van der Waals surface area contributed by atoms with Gasteiger partial charge in [0.15, 0.2) is 11.5 Å². The molecule has 1 aliphatic heterocycles. The number of phenols is 3. The molecule has 0 radical (unpaired) electrons. The van der Waals surface area contributed by atoms with Crippen LogP contribution >= 0.6 is 0 Å². The Balaban J connectivity index is 1.45. The van der Waals surface area contributed by atoms with E-state index < -0.39 is 43.3 Å².